The van der Waals surface area contributed by atoms with Crippen LogP contribution in [0.1, 0.15) is 77.6 Å². The number of unbranched alkanes of at least 4 members (excludes halogenated alkanes) is 6. The van der Waals surface area contributed by atoms with Gasteiger partial charge < -0.3 is 9.47 Å². The summed E-state index contributed by atoms with van der Waals surface area (Å²) in [6, 6.07) is 0. The van der Waals surface area contributed by atoms with Crippen LogP contribution in [0.5, 0.6) is 0 Å². The van der Waals surface area contributed by atoms with E-state index >= 15 is 0 Å². The van der Waals surface area contributed by atoms with Gasteiger partial charge in [-0.25, -0.2) is 0 Å². The average Bonchev–Trinajstić information content (AvgIpc) is 2.46. The van der Waals surface area contributed by atoms with Crippen LogP contribution in [-0.4, -0.2) is 19.5 Å². The maximum Gasteiger partial charge on any atom is 0.157 e. The van der Waals surface area contributed by atoms with E-state index in [1.807, 2.05) is 0 Å². The summed E-state index contributed by atoms with van der Waals surface area (Å²) in [5, 5.41) is 0. The highest BCUT2D eigenvalue weighted by molar-refractivity contribution is 4.97. The average molecular weight is 266 g/mol. The molecule has 1 saturated heterocycles. The van der Waals surface area contributed by atoms with E-state index in [1.54, 1.807) is 0 Å². The largest absolute Gasteiger partial charge is 0.353 e. The topological polar surface area (TPSA) is 18.5 Å². The van der Waals surface area contributed by atoms with E-state index < -0.39 is 0 Å². The monoisotopic (exact) mass is 266 g/mol. The SMILES string of the molecule is CCC#CCCCCCCCCO[C@@H]1CCCCO1. The van der Waals surface area contributed by atoms with Crippen molar-refractivity contribution in [3.05, 3.63) is 0 Å². The molecule has 1 aliphatic rings. The summed E-state index contributed by atoms with van der Waals surface area (Å²) in [6.07, 6.45) is 13.4. The molecule has 0 aliphatic carbocycles. The Hall–Kier alpha value is -0.520. The normalized spacial score (nSPS) is 18.9. The first kappa shape index (κ1) is 16.5. The number of rotatable bonds is 9. The zero-order valence-electron chi connectivity index (χ0n) is 12.6. The fourth-order valence-corrected chi connectivity index (χ4v) is 2.29. The molecule has 0 amide bonds. The molecule has 1 fully saturated rings. The van der Waals surface area contributed by atoms with E-state index in [-0.39, 0.29) is 6.29 Å². The van der Waals surface area contributed by atoms with Crippen LogP contribution < -0.4 is 0 Å². The Balaban J connectivity index is 1.76. The molecule has 110 valence electrons. The minimum absolute atomic E-state index is 0.0888. The minimum atomic E-state index is 0.0888. The molecule has 2 nitrogen and oxygen atoms in total. The van der Waals surface area contributed by atoms with Gasteiger partial charge in [0.2, 0.25) is 0 Å². The molecule has 0 spiro atoms. The third-order valence-corrected chi connectivity index (χ3v) is 3.44. The van der Waals surface area contributed by atoms with Crippen molar-refractivity contribution in [1.29, 1.82) is 0 Å². The molecule has 1 aliphatic heterocycles. The molecule has 0 N–H and O–H groups in total. The maximum absolute atomic E-state index is 5.71. The fraction of sp³-hybridized carbons (Fsp3) is 0.882. The molecule has 0 bridgehead atoms. The molecular formula is C17H30O2. The summed E-state index contributed by atoms with van der Waals surface area (Å²) in [4.78, 5) is 0. The highest BCUT2D eigenvalue weighted by atomic mass is 16.7. The zero-order chi connectivity index (χ0) is 13.6. The van der Waals surface area contributed by atoms with Gasteiger partial charge in [0, 0.05) is 26.1 Å². The summed E-state index contributed by atoms with van der Waals surface area (Å²) >= 11 is 0. The van der Waals surface area contributed by atoms with Crippen LogP contribution in [0.25, 0.3) is 0 Å². The van der Waals surface area contributed by atoms with Gasteiger partial charge in [0.1, 0.15) is 0 Å². The van der Waals surface area contributed by atoms with Gasteiger partial charge in [0.25, 0.3) is 0 Å². The second-order valence-corrected chi connectivity index (χ2v) is 5.25. The van der Waals surface area contributed by atoms with Crippen molar-refractivity contribution < 1.29 is 9.47 Å². The van der Waals surface area contributed by atoms with Crippen molar-refractivity contribution in [2.75, 3.05) is 13.2 Å². The molecule has 2 heteroatoms. The molecule has 0 aromatic heterocycles. The van der Waals surface area contributed by atoms with E-state index in [2.05, 4.69) is 18.8 Å². The molecule has 0 unspecified atom stereocenters. The summed E-state index contributed by atoms with van der Waals surface area (Å²) in [6.45, 7) is 3.85. The van der Waals surface area contributed by atoms with E-state index in [0.29, 0.717) is 0 Å². The van der Waals surface area contributed by atoms with Crippen LogP contribution in [-0.2, 0) is 9.47 Å². The van der Waals surface area contributed by atoms with Crippen molar-refractivity contribution >= 4 is 0 Å². The van der Waals surface area contributed by atoms with E-state index in [4.69, 9.17) is 9.47 Å². The second kappa shape index (κ2) is 12.5. The number of ether oxygens (including phenoxy) is 2. The van der Waals surface area contributed by atoms with Crippen molar-refractivity contribution in [2.24, 2.45) is 0 Å². The Morgan fingerprint density at radius 2 is 1.79 bits per heavy atom. The van der Waals surface area contributed by atoms with Gasteiger partial charge in [0.05, 0.1) is 0 Å². The Morgan fingerprint density at radius 1 is 1.00 bits per heavy atom. The first-order chi connectivity index (χ1) is 9.43. The summed E-state index contributed by atoms with van der Waals surface area (Å²) in [5.74, 6) is 6.32. The Morgan fingerprint density at radius 3 is 2.53 bits per heavy atom. The molecule has 1 rings (SSSR count). The fourth-order valence-electron chi connectivity index (χ4n) is 2.29. The molecule has 0 aromatic rings. The smallest absolute Gasteiger partial charge is 0.157 e. The van der Waals surface area contributed by atoms with E-state index in [1.165, 1.54) is 51.4 Å². The highest BCUT2D eigenvalue weighted by Crippen LogP contribution is 2.14. The quantitative estimate of drug-likeness (QED) is 0.446. The summed E-state index contributed by atoms with van der Waals surface area (Å²) < 4.78 is 11.2. The van der Waals surface area contributed by atoms with Gasteiger partial charge in [-0.15, -0.1) is 11.8 Å². The minimum Gasteiger partial charge on any atom is -0.353 e. The Bertz CT molecular complexity index is 246. The highest BCUT2D eigenvalue weighted by Gasteiger charge is 2.13. The van der Waals surface area contributed by atoms with Crippen LogP contribution in [0, 0.1) is 11.8 Å². The zero-order valence-corrected chi connectivity index (χ0v) is 12.6. The second-order valence-electron chi connectivity index (χ2n) is 5.25. The lowest BCUT2D eigenvalue weighted by Crippen LogP contribution is -2.22. The van der Waals surface area contributed by atoms with Crippen molar-refractivity contribution in [3.8, 4) is 11.8 Å². The lowest BCUT2D eigenvalue weighted by molar-refractivity contribution is -0.162. The van der Waals surface area contributed by atoms with Gasteiger partial charge in [-0.05, 0) is 32.1 Å². The number of hydrogen-bond acceptors (Lipinski definition) is 2. The van der Waals surface area contributed by atoms with Crippen molar-refractivity contribution in [3.63, 3.8) is 0 Å². The lowest BCUT2D eigenvalue weighted by atomic mass is 10.1. The van der Waals surface area contributed by atoms with Crippen LogP contribution in [0.4, 0.5) is 0 Å². The van der Waals surface area contributed by atoms with E-state index in [0.717, 1.165) is 32.5 Å². The predicted octanol–water partition coefficient (Wildman–Crippen LogP) is 4.67. The Labute approximate surface area is 119 Å². The molecular weight excluding hydrogens is 236 g/mol. The molecule has 0 saturated carbocycles. The number of hydrogen-bond donors (Lipinski definition) is 0. The molecule has 19 heavy (non-hydrogen) atoms. The maximum atomic E-state index is 5.71. The van der Waals surface area contributed by atoms with Crippen molar-refractivity contribution in [2.45, 2.75) is 83.8 Å². The van der Waals surface area contributed by atoms with Gasteiger partial charge in [-0.2, -0.15) is 0 Å². The molecule has 0 aromatic carbocycles. The summed E-state index contributed by atoms with van der Waals surface area (Å²) in [5.41, 5.74) is 0. The van der Waals surface area contributed by atoms with Crippen molar-refractivity contribution in [1.82, 2.24) is 0 Å². The summed E-state index contributed by atoms with van der Waals surface area (Å²) in [7, 11) is 0. The molecule has 0 radical (unpaired) electrons. The Kier molecular flexibility index (Phi) is 10.9. The first-order valence-electron chi connectivity index (χ1n) is 8.12. The predicted molar refractivity (Wildman–Crippen MR) is 79.9 cm³/mol. The molecule has 1 atom stereocenters. The van der Waals surface area contributed by atoms with Crippen LogP contribution in [0.15, 0.2) is 0 Å². The molecule has 1 heterocycles. The first-order valence-corrected chi connectivity index (χ1v) is 8.12. The van der Waals surface area contributed by atoms with E-state index in [9.17, 15) is 0 Å². The van der Waals surface area contributed by atoms with Crippen LogP contribution >= 0.6 is 0 Å². The third kappa shape index (κ3) is 9.99. The van der Waals surface area contributed by atoms with Gasteiger partial charge in [-0.1, -0.05) is 32.6 Å². The van der Waals surface area contributed by atoms with Gasteiger partial charge in [-0.3, -0.25) is 0 Å². The third-order valence-electron chi connectivity index (χ3n) is 3.44. The lowest BCUT2D eigenvalue weighted by Gasteiger charge is -2.22. The van der Waals surface area contributed by atoms with Crippen LogP contribution in [0.2, 0.25) is 0 Å². The standard InChI is InChI=1S/C17H30O2/c1-2-3-4-5-6-7-8-9-10-12-15-18-17-14-11-13-16-19-17/h17H,2,5-16H2,1H3/t17-/m0/s1. The van der Waals surface area contributed by atoms with Gasteiger partial charge >= 0.3 is 0 Å². The van der Waals surface area contributed by atoms with Gasteiger partial charge in [0.15, 0.2) is 6.29 Å². The van der Waals surface area contributed by atoms with Crippen LogP contribution in [0.3, 0.4) is 0 Å².